The second kappa shape index (κ2) is 6.43. The molecule has 0 spiro atoms. The Morgan fingerprint density at radius 3 is 2.90 bits per heavy atom. The van der Waals surface area contributed by atoms with Crippen molar-refractivity contribution in [1.82, 2.24) is 0 Å². The van der Waals surface area contributed by atoms with Crippen molar-refractivity contribution in [3.05, 3.63) is 11.6 Å². The van der Waals surface area contributed by atoms with Crippen LogP contribution >= 0.6 is 0 Å². The predicted octanol–water partition coefficient (Wildman–Crippen LogP) is 3.71. The molecule has 5 atom stereocenters. The number of nitriles is 1. The van der Waals surface area contributed by atoms with E-state index in [0.717, 1.165) is 18.8 Å². The van der Waals surface area contributed by atoms with Gasteiger partial charge in [-0.25, -0.2) is 0 Å². The van der Waals surface area contributed by atoms with E-state index < -0.39 is 0 Å². The van der Waals surface area contributed by atoms with Crippen molar-refractivity contribution >= 4 is 5.97 Å². The molecule has 1 fully saturated rings. The number of allylic oxidation sites excluding steroid dienone is 2. The molecule has 0 aromatic heterocycles. The first-order valence-electron chi connectivity index (χ1n) is 7.70. The molecule has 0 aromatic rings. The molecular weight excluding hydrogens is 250 g/mol. The van der Waals surface area contributed by atoms with Gasteiger partial charge in [-0.1, -0.05) is 25.0 Å². The molecule has 3 nitrogen and oxygen atoms in total. The summed E-state index contributed by atoms with van der Waals surface area (Å²) < 4.78 is 4.94. The smallest absolute Gasteiger partial charge is 0.310 e. The highest BCUT2D eigenvalue weighted by Gasteiger charge is 2.43. The van der Waals surface area contributed by atoms with Gasteiger partial charge >= 0.3 is 5.97 Å². The quantitative estimate of drug-likeness (QED) is 0.583. The number of fused-ring (bicyclic) bond motifs is 1. The number of ether oxygens (including phenoxy) is 1. The summed E-state index contributed by atoms with van der Waals surface area (Å²) in [5, 5.41) is 9.04. The van der Waals surface area contributed by atoms with Gasteiger partial charge in [0, 0.05) is 6.42 Å². The van der Waals surface area contributed by atoms with Gasteiger partial charge in [0.05, 0.1) is 19.1 Å². The molecule has 2 aliphatic rings. The van der Waals surface area contributed by atoms with Gasteiger partial charge in [0.25, 0.3) is 0 Å². The number of nitrogens with zero attached hydrogens (tertiary/aromatic N) is 1. The van der Waals surface area contributed by atoms with Crippen LogP contribution in [0.1, 0.15) is 46.0 Å². The van der Waals surface area contributed by atoms with E-state index >= 15 is 0 Å². The largest absolute Gasteiger partial charge is 0.469 e. The van der Waals surface area contributed by atoms with Crippen molar-refractivity contribution in [1.29, 1.82) is 5.26 Å². The fourth-order valence-corrected chi connectivity index (χ4v) is 4.22. The van der Waals surface area contributed by atoms with E-state index in [2.05, 4.69) is 26.0 Å². The SMILES string of the molecule is COC(=O)C(CC#N)[C@@H]1CC[C@@H](C)[C@@H]2CCC(C)=C[C@@H]21. The van der Waals surface area contributed by atoms with Crippen LogP contribution < -0.4 is 0 Å². The van der Waals surface area contributed by atoms with Gasteiger partial charge in [-0.2, -0.15) is 5.26 Å². The van der Waals surface area contributed by atoms with Gasteiger partial charge in [0.2, 0.25) is 0 Å². The van der Waals surface area contributed by atoms with Crippen LogP contribution in [-0.2, 0) is 9.53 Å². The van der Waals surface area contributed by atoms with Crippen molar-refractivity contribution in [2.75, 3.05) is 7.11 Å². The van der Waals surface area contributed by atoms with Crippen LogP contribution in [0.2, 0.25) is 0 Å². The summed E-state index contributed by atoms with van der Waals surface area (Å²) in [6, 6.07) is 2.18. The lowest BCUT2D eigenvalue weighted by Crippen LogP contribution is -2.40. The molecule has 3 heteroatoms. The second-order valence-electron chi connectivity index (χ2n) is 6.50. The fraction of sp³-hybridized carbons (Fsp3) is 0.765. The van der Waals surface area contributed by atoms with Crippen LogP contribution in [0.15, 0.2) is 11.6 Å². The Morgan fingerprint density at radius 1 is 1.50 bits per heavy atom. The van der Waals surface area contributed by atoms with Crippen LogP contribution in [0.3, 0.4) is 0 Å². The van der Waals surface area contributed by atoms with Gasteiger partial charge < -0.3 is 4.74 Å². The summed E-state index contributed by atoms with van der Waals surface area (Å²) in [5.41, 5.74) is 1.44. The van der Waals surface area contributed by atoms with Crippen LogP contribution in [0.5, 0.6) is 0 Å². The Balaban J connectivity index is 2.26. The van der Waals surface area contributed by atoms with Gasteiger partial charge in [-0.3, -0.25) is 4.79 Å². The zero-order valence-electron chi connectivity index (χ0n) is 12.8. The molecule has 1 unspecified atom stereocenters. The summed E-state index contributed by atoms with van der Waals surface area (Å²) in [6.07, 6.45) is 7.26. The zero-order valence-corrected chi connectivity index (χ0v) is 12.8. The minimum Gasteiger partial charge on any atom is -0.469 e. The van der Waals surface area contributed by atoms with E-state index in [1.165, 1.54) is 25.5 Å². The zero-order chi connectivity index (χ0) is 14.7. The maximum Gasteiger partial charge on any atom is 0.310 e. The van der Waals surface area contributed by atoms with Crippen LogP contribution in [0, 0.1) is 40.9 Å². The van der Waals surface area contributed by atoms with Gasteiger partial charge in [0.15, 0.2) is 0 Å². The molecule has 110 valence electrons. The maximum absolute atomic E-state index is 12.0. The lowest BCUT2D eigenvalue weighted by Gasteiger charge is -2.45. The van der Waals surface area contributed by atoms with E-state index in [4.69, 9.17) is 10.00 Å². The Bertz CT molecular complexity index is 435. The highest BCUT2D eigenvalue weighted by Crippen LogP contribution is 2.48. The molecule has 0 amide bonds. The van der Waals surface area contributed by atoms with E-state index in [0.29, 0.717) is 11.8 Å². The van der Waals surface area contributed by atoms with Crippen molar-refractivity contribution in [2.45, 2.75) is 46.0 Å². The number of hydrogen-bond donors (Lipinski definition) is 0. The Hall–Kier alpha value is -1.30. The first kappa shape index (κ1) is 15.1. The molecule has 20 heavy (non-hydrogen) atoms. The van der Waals surface area contributed by atoms with Gasteiger partial charge in [-0.15, -0.1) is 0 Å². The van der Waals surface area contributed by atoms with Crippen LogP contribution in [-0.4, -0.2) is 13.1 Å². The lowest BCUT2D eigenvalue weighted by molar-refractivity contribution is -0.149. The second-order valence-corrected chi connectivity index (χ2v) is 6.50. The number of hydrogen-bond acceptors (Lipinski definition) is 3. The summed E-state index contributed by atoms with van der Waals surface area (Å²) in [6.45, 7) is 4.52. The molecular formula is C17H25NO2. The molecule has 0 aliphatic heterocycles. The number of methoxy groups -OCH3 is 1. The van der Waals surface area contributed by atoms with Crippen LogP contribution in [0.4, 0.5) is 0 Å². The van der Waals surface area contributed by atoms with Crippen molar-refractivity contribution in [3.8, 4) is 6.07 Å². The van der Waals surface area contributed by atoms with Crippen molar-refractivity contribution in [3.63, 3.8) is 0 Å². The normalized spacial score (nSPS) is 34.4. The topological polar surface area (TPSA) is 50.1 Å². The molecule has 0 heterocycles. The van der Waals surface area contributed by atoms with E-state index in [-0.39, 0.29) is 24.2 Å². The fourth-order valence-electron chi connectivity index (χ4n) is 4.22. The minimum absolute atomic E-state index is 0.207. The van der Waals surface area contributed by atoms with Gasteiger partial charge in [0.1, 0.15) is 0 Å². The molecule has 1 saturated carbocycles. The average molecular weight is 275 g/mol. The lowest BCUT2D eigenvalue weighted by atomic mass is 9.59. The highest BCUT2D eigenvalue weighted by molar-refractivity contribution is 5.73. The molecule has 0 radical (unpaired) electrons. The first-order valence-corrected chi connectivity index (χ1v) is 7.70. The Kier molecular flexibility index (Phi) is 4.86. The summed E-state index contributed by atoms with van der Waals surface area (Å²) in [4.78, 5) is 12.0. The predicted molar refractivity (Wildman–Crippen MR) is 77.6 cm³/mol. The first-order chi connectivity index (χ1) is 9.58. The van der Waals surface area contributed by atoms with E-state index in [1.807, 2.05) is 0 Å². The standard InChI is InChI=1S/C17H25NO2/c1-11-4-6-13-12(2)5-7-14(16(13)10-11)15(8-9-18)17(19)20-3/h10,12-16H,4-8H2,1-3H3/t12-,13+,14+,15?,16+/m1/s1. The van der Waals surface area contributed by atoms with E-state index in [1.54, 1.807) is 0 Å². The number of rotatable bonds is 3. The molecule has 0 aromatic carbocycles. The Labute approximate surface area is 122 Å². The van der Waals surface area contributed by atoms with Crippen molar-refractivity contribution in [2.24, 2.45) is 29.6 Å². The Morgan fingerprint density at radius 2 is 2.25 bits per heavy atom. The summed E-state index contributed by atoms with van der Waals surface area (Å²) >= 11 is 0. The molecule has 0 bridgehead atoms. The third-order valence-corrected chi connectivity index (χ3v) is 5.36. The number of esters is 1. The molecule has 2 aliphatic carbocycles. The highest BCUT2D eigenvalue weighted by atomic mass is 16.5. The minimum atomic E-state index is -0.257. The number of carbonyl (C=O) groups excluding carboxylic acids is 1. The third-order valence-electron chi connectivity index (χ3n) is 5.36. The summed E-state index contributed by atoms with van der Waals surface area (Å²) in [5.74, 6) is 1.65. The van der Waals surface area contributed by atoms with Crippen LogP contribution in [0.25, 0.3) is 0 Å². The number of carbonyl (C=O) groups is 1. The summed E-state index contributed by atoms with van der Waals surface area (Å²) in [7, 11) is 1.43. The molecule has 0 N–H and O–H groups in total. The monoisotopic (exact) mass is 275 g/mol. The average Bonchev–Trinajstić information content (AvgIpc) is 2.45. The molecule has 0 saturated heterocycles. The van der Waals surface area contributed by atoms with E-state index in [9.17, 15) is 4.79 Å². The van der Waals surface area contributed by atoms with Gasteiger partial charge in [-0.05, 0) is 49.9 Å². The maximum atomic E-state index is 12.0. The molecule has 2 rings (SSSR count). The van der Waals surface area contributed by atoms with Crippen molar-refractivity contribution < 1.29 is 9.53 Å². The third kappa shape index (κ3) is 2.90.